The molecule has 3 nitrogen and oxygen atoms in total. The van der Waals surface area contributed by atoms with E-state index in [9.17, 15) is 9.59 Å². The molecule has 4 heteroatoms. The molecule has 0 amide bonds. The first-order chi connectivity index (χ1) is 6.58. The summed E-state index contributed by atoms with van der Waals surface area (Å²) in [5, 5.41) is -0.254. The van der Waals surface area contributed by atoms with Gasteiger partial charge < -0.3 is 4.74 Å². The van der Waals surface area contributed by atoms with Gasteiger partial charge in [-0.15, -0.1) is 0 Å². The Morgan fingerprint density at radius 2 is 2.14 bits per heavy atom. The number of esters is 1. The van der Waals surface area contributed by atoms with Crippen LogP contribution in [0, 0.1) is 22.7 Å². The lowest BCUT2D eigenvalue weighted by Gasteiger charge is -2.58. The summed E-state index contributed by atoms with van der Waals surface area (Å²) in [4.78, 5) is 22.6. The standard InChI is InChI=1S/C10H11ClO3/c1-2-14-7(12)5-6-9(5)3-10(6,4-9)8(11)13/h5-6H,2-4H2,1H3/t5-,6?,9-,10-/m1/s1. The molecule has 4 aliphatic carbocycles. The normalized spacial score (nSPS) is 51.0. The first-order valence-electron chi connectivity index (χ1n) is 4.95. The average molecular weight is 215 g/mol. The highest BCUT2D eigenvalue weighted by Gasteiger charge is 2.95. The van der Waals surface area contributed by atoms with Gasteiger partial charge in [-0.05, 0) is 42.7 Å². The fourth-order valence-corrected chi connectivity index (χ4v) is 4.00. The molecule has 0 N–H and O–H groups in total. The Labute approximate surface area is 86.7 Å². The van der Waals surface area contributed by atoms with Crippen molar-refractivity contribution >= 4 is 22.8 Å². The minimum atomic E-state index is -0.334. The van der Waals surface area contributed by atoms with E-state index in [0.29, 0.717) is 6.61 Å². The molecule has 0 aliphatic heterocycles. The van der Waals surface area contributed by atoms with Gasteiger partial charge in [0.15, 0.2) is 0 Å². The third-order valence-electron chi connectivity index (χ3n) is 4.28. The lowest BCUT2D eigenvalue weighted by Crippen LogP contribution is -2.57. The van der Waals surface area contributed by atoms with Crippen LogP contribution in [0.1, 0.15) is 19.8 Å². The van der Waals surface area contributed by atoms with Crippen molar-refractivity contribution in [3.63, 3.8) is 0 Å². The molecule has 0 radical (unpaired) electrons. The van der Waals surface area contributed by atoms with E-state index in [0.717, 1.165) is 12.8 Å². The monoisotopic (exact) mass is 214 g/mol. The molecule has 2 atom stereocenters. The van der Waals surface area contributed by atoms with Gasteiger partial charge in [-0.3, -0.25) is 9.59 Å². The minimum absolute atomic E-state index is 0.0230. The maximum absolute atomic E-state index is 11.5. The first kappa shape index (κ1) is 8.72. The number of rotatable bonds is 3. The molecule has 14 heavy (non-hydrogen) atoms. The first-order valence-corrected chi connectivity index (χ1v) is 5.33. The summed E-state index contributed by atoms with van der Waals surface area (Å²) < 4.78 is 4.97. The molecule has 0 aromatic rings. The molecule has 0 aromatic heterocycles. The Hall–Kier alpha value is -0.570. The zero-order chi connectivity index (χ0) is 10.1. The second-order valence-electron chi connectivity index (χ2n) is 4.72. The molecule has 2 bridgehead atoms. The summed E-state index contributed by atoms with van der Waals surface area (Å²) in [5.41, 5.74) is -0.199. The highest BCUT2D eigenvalue weighted by Crippen LogP contribution is 2.95. The van der Waals surface area contributed by atoms with Crippen LogP contribution in [0.3, 0.4) is 0 Å². The van der Waals surface area contributed by atoms with E-state index in [1.807, 2.05) is 0 Å². The second kappa shape index (κ2) is 2.16. The molecule has 1 spiro atoms. The van der Waals surface area contributed by atoms with E-state index in [-0.39, 0.29) is 33.9 Å². The van der Waals surface area contributed by atoms with Gasteiger partial charge in [0.25, 0.3) is 0 Å². The Morgan fingerprint density at radius 3 is 2.57 bits per heavy atom. The molecule has 0 saturated heterocycles. The maximum Gasteiger partial charge on any atom is 0.309 e. The van der Waals surface area contributed by atoms with Crippen LogP contribution in [-0.4, -0.2) is 17.8 Å². The maximum atomic E-state index is 11.5. The fourth-order valence-electron chi connectivity index (χ4n) is 3.75. The molecule has 1 unspecified atom stereocenters. The molecule has 0 heterocycles. The van der Waals surface area contributed by atoms with E-state index in [1.54, 1.807) is 6.92 Å². The van der Waals surface area contributed by atoms with Crippen molar-refractivity contribution in [1.29, 1.82) is 0 Å². The predicted octanol–water partition coefficient (Wildman–Crippen LogP) is 1.34. The smallest absolute Gasteiger partial charge is 0.309 e. The van der Waals surface area contributed by atoms with Crippen LogP contribution in [-0.2, 0) is 14.3 Å². The van der Waals surface area contributed by atoms with Crippen LogP contribution in [0.4, 0.5) is 0 Å². The zero-order valence-corrected chi connectivity index (χ0v) is 8.63. The van der Waals surface area contributed by atoms with Crippen molar-refractivity contribution in [2.75, 3.05) is 6.61 Å². The van der Waals surface area contributed by atoms with Crippen molar-refractivity contribution < 1.29 is 14.3 Å². The summed E-state index contributed by atoms with van der Waals surface area (Å²) in [7, 11) is 0. The van der Waals surface area contributed by atoms with E-state index in [2.05, 4.69) is 0 Å². The van der Waals surface area contributed by atoms with Crippen molar-refractivity contribution in [3.05, 3.63) is 0 Å². The molecule has 4 rings (SSSR count). The number of hydrogen-bond acceptors (Lipinski definition) is 3. The van der Waals surface area contributed by atoms with Gasteiger partial charge in [0, 0.05) is 5.41 Å². The van der Waals surface area contributed by atoms with Gasteiger partial charge in [-0.1, -0.05) is 0 Å². The van der Waals surface area contributed by atoms with Crippen LogP contribution in [0.5, 0.6) is 0 Å². The molecular weight excluding hydrogens is 204 g/mol. The van der Waals surface area contributed by atoms with Gasteiger partial charge in [0.2, 0.25) is 5.24 Å². The minimum Gasteiger partial charge on any atom is -0.466 e. The topological polar surface area (TPSA) is 43.4 Å². The number of ether oxygens (including phenoxy) is 1. The third-order valence-corrected chi connectivity index (χ3v) is 4.66. The Balaban J connectivity index is 1.75. The average Bonchev–Trinajstić information content (AvgIpc) is 2.44. The summed E-state index contributed by atoms with van der Waals surface area (Å²) in [6.45, 7) is 2.21. The number of carbonyl (C=O) groups is 2. The largest absolute Gasteiger partial charge is 0.466 e. The molecule has 4 fully saturated rings. The van der Waals surface area contributed by atoms with Crippen LogP contribution < -0.4 is 0 Å². The van der Waals surface area contributed by atoms with Crippen LogP contribution in [0.2, 0.25) is 0 Å². The van der Waals surface area contributed by atoms with Crippen LogP contribution >= 0.6 is 11.6 Å². The van der Waals surface area contributed by atoms with Crippen molar-refractivity contribution in [1.82, 2.24) is 0 Å². The predicted molar refractivity (Wildman–Crippen MR) is 48.6 cm³/mol. The van der Waals surface area contributed by atoms with E-state index in [1.165, 1.54) is 0 Å². The highest BCUT2D eigenvalue weighted by molar-refractivity contribution is 6.65. The summed E-state index contributed by atoms with van der Waals surface area (Å²) in [5.74, 6) is 0.0685. The molecular formula is C10H11ClO3. The fraction of sp³-hybridized carbons (Fsp3) is 0.800. The third kappa shape index (κ3) is 0.630. The van der Waals surface area contributed by atoms with E-state index in [4.69, 9.17) is 16.3 Å². The quantitative estimate of drug-likeness (QED) is 0.526. The summed E-state index contributed by atoms with van der Waals surface area (Å²) in [6, 6.07) is 0. The molecule has 4 aliphatic rings. The summed E-state index contributed by atoms with van der Waals surface area (Å²) >= 11 is 5.53. The van der Waals surface area contributed by atoms with Crippen LogP contribution in [0.15, 0.2) is 0 Å². The highest BCUT2D eigenvalue weighted by atomic mass is 35.5. The van der Waals surface area contributed by atoms with Gasteiger partial charge in [-0.25, -0.2) is 0 Å². The SMILES string of the molecule is CCOC(=O)[C@H]1C2[C@]3(C(=O)Cl)C[C@@]21C3. The number of carbonyl (C=O) groups excluding carboxylic acids is 2. The zero-order valence-electron chi connectivity index (χ0n) is 7.88. The number of halogens is 1. The lowest BCUT2D eigenvalue weighted by atomic mass is 9.45. The van der Waals surface area contributed by atoms with Crippen LogP contribution in [0.25, 0.3) is 0 Å². The Kier molecular flexibility index (Phi) is 1.34. The van der Waals surface area contributed by atoms with E-state index >= 15 is 0 Å². The Morgan fingerprint density at radius 1 is 1.50 bits per heavy atom. The van der Waals surface area contributed by atoms with E-state index < -0.39 is 0 Å². The molecule has 4 saturated carbocycles. The number of hydrogen-bond donors (Lipinski definition) is 0. The van der Waals surface area contributed by atoms with Gasteiger partial charge in [0.05, 0.1) is 12.5 Å². The van der Waals surface area contributed by atoms with Gasteiger partial charge in [-0.2, -0.15) is 0 Å². The van der Waals surface area contributed by atoms with Crippen molar-refractivity contribution in [3.8, 4) is 0 Å². The summed E-state index contributed by atoms with van der Waals surface area (Å²) in [6.07, 6.45) is 1.63. The molecule has 0 aromatic carbocycles. The van der Waals surface area contributed by atoms with Gasteiger partial charge >= 0.3 is 5.97 Å². The Bertz CT molecular complexity index is 343. The molecule has 76 valence electrons. The van der Waals surface area contributed by atoms with Crippen molar-refractivity contribution in [2.45, 2.75) is 19.8 Å². The van der Waals surface area contributed by atoms with Crippen molar-refractivity contribution in [2.24, 2.45) is 22.7 Å². The second-order valence-corrected chi connectivity index (χ2v) is 5.07. The van der Waals surface area contributed by atoms with Gasteiger partial charge in [0.1, 0.15) is 0 Å². The lowest BCUT2D eigenvalue weighted by molar-refractivity contribution is -0.157.